The van der Waals surface area contributed by atoms with Crippen molar-refractivity contribution in [2.24, 2.45) is 0 Å². The van der Waals surface area contributed by atoms with E-state index in [1.165, 1.54) is 0 Å². The molecule has 0 spiro atoms. The molecular formula is C5H9O2S. The maximum Gasteiger partial charge on any atom is 0.367 e. The molecule has 0 aliphatic carbocycles. The molecule has 0 aromatic rings. The largest absolute Gasteiger partial charge is 0.454 e. The topological polar surface area (TPSA) is 26.3 Å². The molecule has 3 heteroatoms. The second-order valence-corrected chi connectivity index (χ2v) is 3.07. The molecule has 1 radical (unpaired) electrons. The van der Waals surface area contributed by atoms with Crippen molar-refractivity contribution in [2.45, 2.75) is 19.1 Å². The molecule has 0 rings (SSSR count). The smallest absolute Gasteiger partial charge is 0.367 e. The van der Waals surface area contributed by atoms with E-state index in [2.05, 4.69) is 11.8 Å². The second kappa shape index (κ2) is 3.78. The number of hydrogen-bond donors (Lipinski definition) is 0. The molecule has 8 heavy (non-hydrogen) atoms. The third-order valence-corrected chi connectivity index (χ3v) is 1.23. The van der Waals surface area contributed by atoms with Crippen LogP contribution >= 0.6 is 11.8 Å². The Balaban J connectivity index is 3.25. The van der Waals surface area contributed by atoms with E-state index in [1.807, 2.05) is 13.8 Å². The highest BCUT2D eigenvalue weighted by Crippen LogP contribution is 2.11. The molecule has 0 saturated carbocycles. The van der Waals surface area contributed by atoms with Crippen LogP contribution in [0, 0.1) is 7.11 Å². The minimum Gasteiger partial charge on any atom is -0.454 e. The molecule has 0 aliphatic rings. The van der Waals surface area contributed by atoms with Crippen LogP contribution in [0.3, 0.4) is 0 Å². The summed E-state index contributed by atoms with van der Waals surface area (Å²) in [5.41, 5.74) is 0. The minimum atomic E-state index is -0.319. The number of carbonyl (C=O) groups excluding carboxylic acids is 1. The zero-order valence-electron chi connectivity index (χ0n) is 5.01. The van der Waals surface area contributed by atoms with Crippen LogP contribution in [-0.2, 0) is 4.74 Å². The molecule has 0 aliphatic heterocycles. The SMILES string of the molecule is [CH2]OC(=O)SC(C)C. The average Bonchev–Trinajstić information content (AvgIpc) is 1.65. The highest BCUT2D eigenvalue weighted by Gasteiger charge is 2.02. The summed E-state index contributed by atoms with van der Waals surface area (Å²) >= 11 is 1.13. The molecule has 0 heterocycles. The van der Waals surface area contributed by atoms with E-state index in [0.29, 0.717) is 0 Å². The molecule has 0 amide bonds. The number of ether oxygens (including phenoxy) is 1. The molecule has 0 saturated heterocycles. The number of carbonyl (C=O) groups is 1. The fraction of sp³-hybridized carbons (Fsp3) is 0.600. The summed E-state index contributed by atoms with van der Waals surface area (Å²) in [5, 5.41) is -0.0377. The van der Waals surface area contributed by atoms with Crippen molar-refractivity contribution >= 4 is 17.1 Å². The van der Waals surface area contributed by atoms with Crippen LogP contribution in [0.5, 0.6) is 0 Å². The van der Waals surface area contributed by atoms with Gasteiger partial charge >= 0.3 is 5.30 Å². The third-order valence-electron chi connectivity index (χ3n) is 0.450. The molecule has 0 N–H and O–H groups in total. The van der Waals surface area contributed by atoms with Crippen molar-refractivity contribution in [1.82, 2.24) is 0 Å². The fourth-order valence-corrected chi connectivity index (χ4v) is 0.679. The summed E-state index contributed by atoms with van der Waals surface area (Å²) in [6.07, 6.45) is 0. The van der Waals surface area contributed by atoms with E-state index >= 15 is 0 Å². The van der Waals surface area contributed by atoms with Crippen LogP contribution < -0.4 is 0 Å². The van der Waals surface area contributed by atoms with Crippen molar-refractivity contribution in [3.05, 3.63) is 7.11 Å². The Bertz CT molecular complexity index is 80.5. The van der Waals surface area contributed by atoms with E-state index in [1.54, 1.807) is 0 Å². The van der Waals surface area contributed by atoms with Gasteiger partial charge in [0, 0.05) is 5.25 Å². The third kappa shape index (κ3) is 3.99. The number of hydrogen-bond acceptors (Lipinski definition) is 3. The van der Waals surface area contributed by atoms with Gasteiger partial charge in [-0.3, -0.25) is 0 Å². The zero-order valence-corrected chi connectivity index (χ0v) is 5.83. The Morgan fingerprint density at radius 2 is 2.25 bits per heavy atom. The maximum absolute atomic E-state index is 10.3. The highest BCUT2D eigenvalue weighted by atomic mass is 32.2. The monoisotopic (exact) mass is 133 g/mol. The first-order valence-electron chi connectivity index (χ1n) is 2.29. The van der Waals surface area contributed by atoms with Gasteiger partial charge in [-0.1, -0.05) is 13.8 Å². The first-order valence-corrected chi connectivity index (χ1v) is 3.17. The van der Waals surface area contributed by atoms with Crippen molar-refractivity contribution in [2.75, 3.05) is 0 Å². The van der Waals surface area contributed by atoms with Crippen LogP contribution in [0.2, 0.25) is 0 Å². The van der Waals surface area contributed by atoms with E-state index in [9.17, 15) is 4.79 Å². The van der Waals surface area contributed by atoms with Crippen LogP contribution in [0.25, 0.3) is 0 Å². The molecule has 47 valence electrons. The lowest BCUT2D eigenvalue weighted by atomic mass is 10.6. The van der Waals surface area contributed by atoms with Crippen molar-refractivity contribution in [3.63, 3.8) is 0 Å². The molecule has 0 bridgehead atoms. The van der Waals surface area contributed by atoms with Crippen LogP contribution in [0.15, 0.2) is 0 Å². The Morgan fingerprint density at radius 1 is 1.75 bits per heavy atom. The van der Waals surface area contributed by atoms with Crippen molar-refractivity contribution < 1.29 is 9.53 Å². The predicted molar refractivity (Wildman–Crippen MR) is 34.6 cm³/mol. The molecule has 0 atom stereocenters. The van der Waals surface area contributed by atoms with Gasteiger partial charge in [-0.05, 0) is 11.8 Å². The van der Waals surface area contributed by atoms with Gasteiger partial charge in [0.05, 0.1) is 0 Å². The van der Waals surface area contributed by atoms with E-state index in [-0.39, 0.29) is 10.6 Å². The van der Waals surface area contributed by atoms with Crippen LogP contribution in [0.4, 0.5) is 4.79 Å². The summed E-state index contributed by atoms with van der Waals surface area (Å²) in [5.74, 6) is 0. The van der Waals surface area contributed by atoms with Crippen molar-refractivity contribution in [1.29, 1.82) is 0 Å². The van der Waals surface area contributed by atoms with Crippen LogP contribution in [0.1, 0.15) is 13.8 Å². The Kier molecular flexibility index (Phi) is 3.69. The van der Waals surface area contributed by atoms with Crippen LogP contribution in [-0.4, -0.2) is 10.6 Å². The van der Waals surface area contributed by atoms with Gasteiger partial charge in [0.15, 0.2) is 0 Å². The first-order chi connectivity index (χ1) is 3.66. The van der Waals surface area contributed by atoms with E-state index < -0.39 is 0 Å². The summed E-state index contributed by atoms with van der Waals surface area (Å²) in [7, 11) is 2.97. The molecule has 0 aromatic heterocycles. The van der Waals surface area contributed by atoms with E-state index in [0.717, 1.165) is 11.8 Å². The van der Waals surface area contributed by atoms with Gasteiger partial charge in [-0.2, -0.15) is 0 Å². The Morgan fingerprint density at radius 3 is 2.38 bits per heavy atom. The zero-order chi connectivity index (χ0) is 6.57. The Hall–Kier alpha value is -0.180. The van der Waals surface area contributed by atoms with E-state index in [4.69, 9.17) is 0 Å². The highest BCUT2D eigenvalue weighted by molar-refractivity contribution is 8.13. The summed E-state index contributed by atoms with van der Waals surface area (Å²) in [4.78, 5) is 10.3. The minimum absolute atomic E-state index is 0.282. The van der Waals surface area contributed by atoms with Gasteiger partial charge in [0.25, 0.3) is 0 Å². The number of thioether (sulfide) groups is 1. The maximum atomic E-state index is 10.3. The molecule has 2 nitrogen and oxygen atoms in total. The average molecular weight is 133 g/mol. The fourth-order valence-electron chi connectivity index (χ4n) is 0.226. The standard InChI is InChI=1S/C5H9O2S/c1-4(2)8-5(6)7-3/h4H,3H2,1-2H3. The molecular weight excluding hydrogens is 124 g/mol. The lowest BCUT2D eigenvalue weighted by molar-refractivity contribution is 0.212. The van der Waals surface area contributed by atoms with Crippen molar-refractivity contribution in [3.8, 4) is 0 Å². The number of rotatable bonds is 1. The van der Waals surface area contributed by atoms with Gasteiger partial charge in [-0.25, -0.2) is 4.79 Å². The van der Waals surface area contributed by atoms with Gasteiger partial charge < -0.3 is 4.74 Å². The normalized spacial score (nSPS) is 9.50. The summed E-state index contributed by atoms with van der Waals surface area (Å²) in [6.45, 7) is 3.84. The molecule has 0 fully saturated rings. The van der Waals surface area contributed by atoms with Gasteiger partial charge in [0.1, 0.15) is 7.11 Å². The molecule has 0 aromatic carbocycles. The van der Waals surface area contributed by atoms with Gasteiger partial charge in [0.2, 0.25) is 0 Å². The lowest BCUT2D eigenvalue weighted by Gasteiger charge is -1.98. The second-order valence-electron chi connectivity index (χ2n) is 1.56. The summed E-state index contributed by atoms with van der Waals surface area (Å²) in [6, 6.07) is 0. The first kappa shape index (κ1) is 7.82. The predicted octanol–water partition coefficient (Wildman–Crippen LogP) is 2.06. The quantitative estimate of drug-likeness (QED) is 0.512. The lowest BCUT2D eigenvalue weighted by Crippen LogP contribution is -1.95. The summed E-state index contributed by atoms with van der Waals surface area (Å²) < 4.78 is 4.14. The molecule has 0 unspecified atom stereocenters. The van der Waals surface area contributed by atoms with Gasteiger partial charge in [-0.15, -0.1) is 0 Å². The Labute approximate surface area is 53.6 Å².